The Labute approximate surface area is 162 Å². The number of aromatic nitrogens is 1. The van der Waals surface area contributed by atoms with Gasteiger partial charge in [0.05, 0.1) is 6.42 Å². The third-order valence-electron chi connectivity index (χ3n) is 4.33. The second-order valence-corrected chi connectivity index (χ2v) is 6.80. The van der Waals surface area contributed by atoms with Gasteiger partial charge in [-0.15, -0.1) is 0 Å². The average molecular weight is 383 g/mol. The Balaban J connectivity index is 1.53. The van der Waals surface area contributed by atoms with E-state index in [4.69, 9.17) is 4.74 Å². The van der Waals surface area contributed by atoms with E-state index in [1.807, 2.05) is 39.0 Å². The summed E-state index contributed by atoms with van der Waals surface area (Å²) >= 11 is 0. The molecule has 146 valence electrons. The standard InChI is InChI=1S/C21H22FN3O3/c1-12-6-13(2)8-16(7-12)28-11-21(27)25-24-20(26)10-17-14(3)23-19-5-4-15(22)9-18(17)19/h4-9,23H,10-11H2,1-3H3,(H,24,26)(H,25,27). The molecule has 7 heteroatoms. The van der Waals surface area contributed by atoms with Crippen LogP contribution in [0.2, 0.25) is 0 Å². The van der Waals surface area contributed by atoms with E-state index in [2.05, 4.69) is 15.8 Å². The van der Waals surface area contributed by atoms with Gasteiger partial charge in [-0.2, -0.15) is 0 Å². The van der Waals surface area contributed by atoms with Crippen LogP contribution in [-0.2, 0) is 16.0 Å². The smallest absolute Gasteiger partial charge is 0.276 e. The molecule has 6 nitrogen and oxygen atoms in total. The van der Waals surface area contributed by atoms with Crippen molar-refractivity contribution in [3.8, 4) is 5.75 Å². The molecule has 3 rings (SSSR count). The molecule has 3 N–H and O–H groups in total. The number of hydrazine groups is 1. The number of nitrogens with one attached hydrogen (secondary N) is 3. The molecular weight excluding hydrogens is 361 g/mol. The maximum atomic E-state index is 13.5. The van der Waals surface area contributed by atoms with Gasteiger partial charge in [0.15, 0.2) is 6.61 Å². The summed E-state index contributed by atoms with van der Waals surface area (Å²) in [7, 11) is 0. The summed E-state index contributed by atoms with van der Waals surface area (Å²) in [6, 6.07) is 10.0. The molecule has 28 heavy (non-hydrogen) atoms. The van der Waals surface area contributed by atoms with Crippen molar-refractivity contribution in [2.24, 2.45) is 0 Å². The first-order valence-corrected chi connectivity index (χ1v) is 8.87. The minimum atomic E-state index is -0.478. The Morgan fingerprint density at radius 2 is 1.68 bits per heavy atom. The predicted molar refractivity (Wildman–Crippen MR) is 104 cm³/mol. The Morgan fingerprint density at radius 3 is 2.39 bits per heavy atom. The predicted octanol–water partition coefficient (Wildman–Crippen LogP) is 3.00. The third-order valence-corrected chi connectivity index (χ3v) is 4.33. The van der Waals surface area contributed by atoms with Crippen LogP contribution in [0.1, 0.15) is 22.4 Å². The average Bonchev–Trinajstić information content (AvgIpc) is 2.92. The van der Waals surface area contributed by atoms with Crippen molar-refractivity contribution < 1.29 is 18.7 Å². The van der Waals surface area contributed by atoms with Gasteiger partial charge in [-0.25, -0.2) is 4.39 Å². The quantitative estimate of drug-likeness (QED) is 0.592. The highest BCUT2D eigenvalue weighted by molar-refractivity contribution is 5.91. The van der Waals surface area contributed by atoms with Crippen molar-refractivity contribution in [1.82, 2.24) is 15.8 Å². The van der Waals surface area contributed by atoms with Gasteiger partial charge < -0.3 is 9.72 Å². The summed E-state index contributed by atoms with van der Waals surface area (Å²) in [6.45, 7) is 5.48. The Kier molecular flexibility index (Phi) is 5.63. The fourth-order valence-electron chi connectivity index (χ4n) is 3.13. The zero-order valence-electron chi connectivity index (χ0n) is 16.0. The number of aryl methyl sites for hydroxylation is 3. The van der Waals surface area contributed by atoms with Crippen LogP contribution < -0.4 is 15.6 Å². The summed E-state index contributed by atoms with van der Waals surface area (Å²) in [5, 5.41) is 0.650. The lowest BCUT2D eigenvalue weighted by molar-refractivity contribution is -0.129. The minimum Gasteiger partial charge on any atom is -0.484 e. The monoisotopic (exact) mass is 383 g/mol. The zero-order valence-corrected chi connectivity index (χ0v) is 16.0. The van der Waals surface area contributed by atoms with Crippen molar-refractivity contribution in [3.63, 3.8) is 0 Å². The van der Waals surface area contributed by atoms with Gasteiger partial charge in [0.25, 0.3) is 5.91 Å². The van der Waals surface area contributed by atoms with Crippen LogP contribution in [0.15, 0.2) is 36.4 Å². The van der Waals surface area contributed by atoms with Crippen LogP contribution >= 0.6 is 0 Å². The number of carbonyl (C=O) groups is 2. The fraction of sp³-hybridized carbons (Fsp3) is 0.238. The SMILES string of the molecule is Cc1cc(C)cc(OCC(=O)NNC(=O)Cc2c(C)[nH]c3ccc(F)cc23)c1. The van der Waals surface area contributed by atoms with Crippen molar-refractivity contribution >= 4 is 22.7 Å². The summed E-state index contributed by atoms with van der Waals surface area (Å²) in [6.07, 6.45) is 0.00744. The number of aromatic amines is 1. The van der Waals surface area contributed by atoms with E-state index >= 15 is 0 Å². The molecule has 2 amide bonds. The summed E-state index contributed by atoms with van der Waals surface area (Å²) in [5.74, 6) is -0.664. The lowest BCUT2D eigenvalue weighted by Crippen LogP contribution is -2.44. The number of fused-ring (bicyclic) bond motifs is 1. The van der Waals surface area contributed by atoms with E-state index in [0.717, 1.165) is 22.3 Å². The van der Waals surface area contributed by atoms with Gasteiger partial charge >= 0.3 is 0 Å². The molecule has 0 aliphatic heterocycles. The molecule has 0 saturated heterocycles. The number of hydrogen-bond donors (Lipinski definition) is 3. The number of benzene rings is 2. The van der Waals surface area contributed by atoms with Gasteiger partial charge in [-0.3, -0.25) is 20.4 Å². The van der Waals surface area contributed by atoms with E-state index in [0.29, 0.717) is 16.7 Å². The van der Waals surface area contributed by atoms with Crippen LogP contribution in [0.4, 0.5) is 4.39 Å². The first kappa shape index (κ1) is 19.4. The molecule has 0 atom stereocenters. The van der Waals surface area contributed by atoms with Crippen molar-refractivity contribution in [1.29, 1.82) is 0 Å². The minimum absolute atomic E-state index is 0.00744. The van der Waals surface area contributed by atoms with E-state index in [-0.39, 0.29) is 18.8 Å². The van der Waals surface area contributed by atoms with Crippen LogP contribution in [0.25, 0.3) is 10.9 Å². The molecule has 0 saturated carbocycles. The molecule has 0 spiro atoms. The molecule has 0 radical (unpaired) electrons. The van der Waals surface area contributed by atoms with Crippen LogP contribution in [-0.4, -0.2) is 23.4 Å². The highest BCUT2D eigenvalue weighted by atomic mass is 19.1. The topological polar surface area (TPSA) is 83.2 Å². The van der Waals surface area contributed by atoms with E-state index in [9.17, 15) is 14.0 Å². The number of amides is 2. The summed E-state index contributed by atoms with van der Waals surface area (Å²) < 4.78 is 19.0. The highest BCUT2D eigenvalue weighted by Crippen LogP contribution is 2.23. The number of ether oxygens (including phenoxy) is 1. The lowest BCUT2D eigenvalue weighted by Gasteiger charge is -2.10. The molecule has 3 aromatic rings. The second kappa shape index (κ2) is 8.12. The van der Waals surface area contributed by atoms with Gasteiger partial charge in [0, 0.05) is 16.6 Å². The lowest BCUT2D eigenvalue weighted by atomic mass is 10.1. The molecule has 1 heterocycles. The number of halogens is 1. The Bertz CT molecular complexity index is 1020. The van der Waals surface area contributed by atoms with Gasteiger partial charge in [-0.1, -0.05) is 6.07 Å². The zero-order chi connectivity index (χ0) is 20.3. The second-order valence-electron chi connectivity index (χ2n) is 6.80. The van der Waals surface area contributed by atoms with Crippen LogP contribution in [0.3, 0.4) is 0 Å². The normalized spacial score (nSPS) is 10.7. The molecular formula is C21H22FN3O3. The van der Waals surface area contributed by atoms with Crippen molar-refractivity contribution in [2.75, 3.05) is 6.61 Å². The van der Waals surface area contributed by atoms with Crippen molar-refractivity contribution in [2.45, 2.75) is 27.2 Å². The Hall–Kier alpha value is -3.35. The molecule has 1 aromatic heterocycles. The van der Waals surface area contributed by atoms with E-state index < -0.39 is 11.8 Å². The highest BCUT2D eigenvalue weighted by Gasteiger charge is 2.14. The van der Waals surface area contributed by atoms with Crippen LogP contribution in [0.5, 0.6) is 5.75 Å². The number of hydrogen-bond acceptors (Lipinski definition) is 3. The van der Waals surface area contributed by atoms with Gasteiger partial charge in [0.1, 0.15) is 11.6 Å². The van der Waals surface area contributed by atoms with Crippen LogP contribution in [0, 0.1) is 26.6 Å². The first-order valence-electron chi connectivity index (χ1n) is 8.87. The van der Waals surface area contributed by atoms with Crippen molar-refractivity contribution in [3.05, 3.63) is 64.6 Å². The Morgan fingerprint density at radius 1 is 1.00 bits per heavy atom. The number of carbonyl (C=O) groups excluding carboxylic acids is 2. The maximum absolute atomic E-state index is 13.5. The van der Waals surface area contributed by atoms with E-state index in [1.165, 1.54) is 12.1 Å². The molecule has 0 unspecified atom stereocenters. The largest absolute Gasteiger partial charge is 0.484 e. The fourth-order valence-corrected chi connectivity index (χ4v) is 3.13. The molecule has 0 aliphatic rings. The molecule has 2 aromatic carbocycles. The number of H-pyrrole nitrogens is 1. The van der Waals surface area contributed by atoms with E-state index in [1.54, 1.807) is 6.07 Å². The molecule has 0 fully saturated rings. The first-order chi connectivity index (χ1) is 13.3. The maximum Gasteiger partial charge on any atom is 0.276 e. The summed E-state index contributed by atoms with van der Waals surface area (Å²) in [4.78, 5) is 27.2. The van der Waals surface area contributed by atoms with Gasteiger partial charge in [-0.05, 0) is 67.8 Å². The third kappa shape index (κ3) is 4.68. The molecule has 0 bridgehead atoms. The van der Waals surface area contributed by atoms with Gasteiger partial charge in [0.2, 0.25) is 5.91 Å². The summed E-state index contributed by atoms with van der Waals surface area (Å²) in [5.41, 5.74) is 8.98. The molecule has 0 aliphatic carbocycles. The number of rotatable bonds is 5.